The van der Waals surface area contributed by atoms with E-state index in [1.165, 1.54) is 29.8 Å². The van der Waals surface area contributed by atoms with Gasteiger partial charge in [0.1, 0.15) is 0 Å². The van der Waals surface area contributed by atoms with E-state index in [1.54, 1.807) is 0 Å². The Morgan fingerprint density at radius 2 is 1.90 bits per heavy atom. The van der Waals surface area contributed by atoms with Crippen molar-refractivity contribution >= 4 is 0 Å². The van der Waals surface area contributed by atoms with Crippen molar-refractivity contribution in [1.82, 2.24) is 9.55 Å². The molecule has 0 saturated carbocycles. The first-order valence-electron chi connectivity index (χ1n) is 7.99. The van der Waals surface area contributed by atoms with Crippen LogP contribution in [0.5, 0.6) is 0 Å². The van der Waals surface area contributed by atoms with Crippen molar-refractivity contribution < 1.29 is 0 Å². The van der Waals surface area contributed by atoms with E-state index in [0.29, 0.717) is 18.4 Å². The number of hydrogen-bond donors (Lipinski definition) is 1. The number of hydrogen-bond acceptors (Lipinski definition) is 2. The zero-order valence-corrected chi connectivity index (χ0v) is 13.4. The normalized spacial score (nSPS) is 12.8. The van der Waals surface area contributed by atoms with Crippen molar-refractivity contribution in [2.24, 2.45) is 11.7 Å². The maximum atomic E-state index is 5.95. The molecule has 1 aromatic heterocycles. The van der Waals surface area contributed by atoms with Gasteiger partial charge in [0, 0.05) is 30.0 Å². The molecule has 21 heavy (non-hydrogen) atoms. The monoisotopic (exact) mass is 285 g/mol. The zero-order valence-electron chi connectivity index (χ0n) is 13.4. The lowest BCUT2D eigenvalue weighted by molar-refractivity contribution is 0.490. The average molecular weight is 285 g/mol. The molecule has 0 amide bonds. The van der Waals surface area contributed by atoms with Gasteiger partial charge in [-0.2, -0.15) is 0 Å². The summed E-state index contributed by atoms with van der Waals surface area (Å²) in [6.07, 6.45) is 7.48. The standard InChI is InChI=1S/C18H27N3/c1-4-5-6-15-7-9-16(10-8-15)21-13-20-12-18(21)17(11-19)14(2)3/h7-10,12-14,17H,4-6,11,19H2,1-3H3. The highest BCUT2D eigenvalue weighted by molar-refractivity contribution is 5.37. The maximum absolute atomic E-state index is 5.95. The molecule has 1 heterocycles. The number of rotatable bonds is 7. The fourth-order valence-electron chi connectivity index (χ4n) is 2.73. The fraction of sp³-hybridized carbons (Fsp3) is 0.500. The van der Waals surface area contributed by atoms with Crippen LogP contribution in [-0.2, 0) is 6.42 Å². The van der Waals surface area contributed by atoms with Crippen LogP contribution in [0.3, 0.4) is 0 Å². The number of nitrogens with zero attached hydrogens (tertiary/aromatic N) is 2. The Bertz CT molecular complexity index is 540. The second-order valence-corrected chi connectivity index (χ2v) is 6.04. The number of aromatic nitrogens is 2. The molecule has 1 aromatic carbocycles. The second-order valence-electron chi connectivity index (χ2n) is 6.04. The minimum atomic E-state index is 0.340. The van der Waals surface area contributed by atoms with Gasteiger partial charge in [0.05, 0.1) is 6.33 Å². The molecule has 0 aliphatic carbocycles. The molecule has 2 N–H and O–H groups in total. The van der Waals surface area contributed by atoms with E-state index in [0.717, 1.165) is 6.42 Å². The average Bonchev–Trinajstić information content (AvgIpc) is 2.95. The highest BCUT2D eigenvalue weighted by atomic mass is 15.1. The summed E-state index contributed by atoms with van der Waals surface area (Å²) in [5.41, 5.74) is 9.72. The topological polar surface area (TPSA) is 43.8 Å². The molecule has 2 aromatic rings. The van der Waals surface area contributed by atoms with E-state index in [2.05, 4.69) is 54.6 Å². The van der Waals surface area contributed by atoms with Gasteiger partial charge in [0.15, 0.2) is 0 Å². The molecule has 1 unspecified atom stereocenters. The van der Waals surface area contributed by atoms with E-state index in [-0.39, 0.29) is 0 Å². The van der Waals surface area contributed by atoms with Crippen LogP contribution in [0.15, 0.2) is 36.8 Å². The van der Waals surface area contributed by atoms with Gasteiger partial charge in [-0.05, 0) is 36.5 Å². The highest BCUT2D eigenvalue weighted by Gasteiger charge is 2.18. The van der Waals surface area contributed by atoms with Crippen molar-refractivity contribution in [3.05, 3.63) is 48.0 Å². The van der Waals surface area contributed by atoms with Crippen molar-refractivity contribution in [2.45, 2.75) is 46.0 Å². The van der Waals surface area contributed by atoms with Crippen LogP contribution >= 0.6 is 0 Å². The van der Waals surface area contributed by atoms with Crippen LogP contribution in [0.2, 0.25) is 0 Å². The largest absolute Gasteiger partial charge is 0.330 e. The molecule has 1 atom stereocenters. The van der Waals surface area contributed by atoms with E-state index in [1.807, 2.05) is 12.5 Å². The lowest BCUT2D eigenvalue weighted by Crippen LogP contribution is -2.20. The number of nitrogens with two attached hydrogens (primary N) is 1. The fourth-order valence-corrected chi connectivity index (χ4v) is 2.73. The van der Waals surface area contributed by atoms with Gasteiger partial charge in [0.25, 0.3) is 0 Å². The number of aryl methyl sites for hydroxylation is 1. The summed E-state index contributed by atoms with van der Waals surface area (Å²) in [5, 5.41) is 0. The molecule has 0 spiro atoms. The van der Waals surface area contributed by atoms with E-state index >= 15 is 0 Å². The van der Waals surface area contributed by atoms with Crippen LogP contribution in [0.25, 0.3) is 5.69 Å². The summed E-state index contributed by atoms with van der Waals surface area (Å²) in [4.78, 5) is 4.33. The van der Waals surface area contributed by atoms with Gasteiger partial charge in [-0.1, -0.05) is 39.3 Å². The van der Waals surface area contributed by atoms with Crippen LogP contribution in [0.4, 0.5) is 0 Å². The lowest BCUT2D eigenvalue weighted by Gasteiger charge is -2.20. The first-order chi connectivity index (χ1) is 10.2. The predicted molar refractivity (Wildman–Crippen MR) is 88.8 cm³/mol. The van der Waals surface area contributed by atoms with Gasteiger partial charge in [-0.25, -0.2) is 4.98 Å². The molecular weight excluding hydrogens is 258 g/mol. The minimum Gasteiger partial charge on any atom is -0.330 e. The Morgan fingerprint density at radius 3 is 2.48 bits per heavy atom. The van der Waals surface area contributed by atoms with Crippen LogP contribution < -0.4 is 5.73 Å². The third-order valence-corrected chi connectivity index (χ3v) is 4.14. The molecule has 2 rings (SSSR count). The first kappa shape index (κ1) is 15.8. The number of imidazole rings is 1. The zero-order chi connectivity index (χ0) is 15.2. The summed E-state index contributed by atoms with van der Waals surface area (Å²) in [5.74, 6) is 0.849. The highest BCUT2D eigenvalue weighted by Crippen LogP contribution is 2.25. The SMILES string of the molecule is CCCCc1ccc(-n2cncc2C(CN)C(C)C)cc1. The summed E-state index contributed by atoms with van der Waals surface area (Å²) in [6.45, 7) is 7.30. The molecule has 3 nitrogen and oxygen atoms in total. The molecule has 0 radical (unpaired) electrons. The molecule has 0 fully saturated rings. The molecule has 0 bridgehead atoms. The number of unbranched alkanes of at least 4 members (excludes halogenated alkanes) is 1. The Balaban J connectivity index is 2.24. The quantitative estimate of drug-likeness (QED) is 0.838. The Labute approximate surface area is 128 Å². The molecule has 0 saturated heterocycles. The first-order valence-corrected chi connectivity index (χ1v) is 7.99. The van der Waals surface area contributed by atoms with Crippen molar-refractivity contribution in [3.8, 4) is 5.69 Å². The second kappa shape index (κ2) is 7.41. The Kier molecular flexibility index (Phi) is 5.57. The number of benzene rings is 1. The summed E-state index contributed by atoms with van der Waals surface area (Å²) in [6, 6.07) is 8.82. The summed E-state index contributed by atoms with van der Waals surface area (Å²) >= 11 is 0. The van der Waals surface area contributed by atoms with Gasteiger partial charge in [0.2, 0.25) is 0 Å². The third-order valence-electron chi connectivity index (χ3n) is 4.14. The Hall–Kier alpha value is -1.61. The lowest BCUT2D eigenvalue weighted by atomic mass is 9.93. The van der Waals surface area contributed by atoms with Crippen molar-refractivity contribution in [2.75, 3.05) is 6.54 Å². The molecule has 0 aliphatic rings. The van der Waals surface area contributed by atoms with E-state index < -0.39 is 0 Å². The van der Waals surface area contributed by atoms with Gasteiger partial charge < -0.3 is 10.3 Å². The van der Waals surface area contributed by atoms with Crippen LogP contribution in [0, 0.1) is 5.92 Å². The Morgan fingerprint density at radius 1 is 1.19 bits per heavy atom. The summed E-state index contributed by atoms with van der Waals surface area (Å²) < 4.78 is 2.17. The smallest absolute Gasteiger partial charge is 0.0994 e. The maximum Gasteiger partial charge on any atom is 0.0994 e. The molecular formula is C18H27N3. The van der Waals surface area contributed by atoms with Gasteiger partial charge in [-0.15, -0.1) is 0 Å². The van der Waals surface area contributed by atoms with Gasteiger partial charge >= 0.3 is 0 Å². The molecule has 114 valence electrons. The van der Waals surface area contributed by atoms with Crippen molar-refractivity contribution in [1.29, 1.82) is 0 Å². The minimum absolute atomic E-state index is 0.340. The van der Waals surface area contributed by atoms with E-state index in [4.69, 9.17) is 5.73 Å². The third kappa shape index (κ3) is 3.73. The summed E-state index contributed by atoms with van der Waals surface area (Å²) in [7, 11) is 0. The molecule has 3 heteroatoms. The van der Waals surface area contributed by atoms with Crippen LogP contribution in [-0.4, -0.2) is 16.1 Å². The van der Waals surface area contributed by atoms with Gasteiger partial charge in [-0.3, -0.25) is 0 Å². The van der Waals surface area contributed by atoms with Crippen molar-refractivity contribution in [3.63, 3.8) is 0 Å². The van der Waals surface area contributed by atoms with E-state index in [9.17, 15) is 0 Å². The predicted octanol–water partition coefficient (Wildman–Crippen LogP) is 3.91. The molecule has 0 aliphatic heterocycles. The van der Waals surface area contributed by atoms with Crippen LogP contribution in [0.1, 0.15) is 50.8 Å².